The van der Waals surface area contributed by atoms with Crippen LogP contribution in [-0.2, 0) is 6.54 Å². The molecule has 4 nitrogen and oxygen atoms in total. The van der Waals surface area contributed by atoms with Crippen molar-refractivity contribution in [3.05, 3.63) is 48.0 Å². The Morgan fingerprint density at radius 1 is 1.29 bits per heavy atom. The third-order valence-corrected chi connectivity index (χ3v) is 5.73. The minimum Gasteiger partial charge on any atom is -0.393 e. The van der Waals surface area contributed by atoms with Crippen LogP contribution >= 0.6 is 0 Å². The summed E-state index contributed by atoms with van der Waals surface area (Å²) in [4.78, 5) is 2.37. The number of halogens is 1. The minimum atomic E-state index is -0.214. The van der Waals surface area contributed by atoms with E-state index >= 15 is 0 Å². The van der Waals surface area contributed by atoms with Crippen LogP contribution in [0.3, 0.4) is 0 Å². The molecule has 1 aliphatic carbocycles. The zero-order chi connectivity index (χ0) is 16.6. The van der Waals surface area contributed by atoms with Gasteiger partial charge < -0.3 is 5.11 Å². The van der Waals surface area contributed by atoms with Crippen LogP contribution in [0.15, 0.2) is 36.7 Å². The first kappa shape index (κ1) is 15.8. The van der Waals surface area contributed by atoms with Crippen molar-refractivity contribution in [3.8, 4) is 5.69 Å². The van der Waals surface area contributed by atoms with E-state index in [1.165, 1.54) is 6.07 Å². The van der Waals surface area contributed by atoms with E-state index < -0.39 is 0 Å². The molecule has 2 aromatic rings. The van der Waals surface area contributed by atoms with Gasteiger partial charge in [0, 0.05) is 30.9 Å². The second-order valence-corrected chi connectivity index (χ2v) is 7.31. The third-order valence-electron chi connectivity index (χ3n) is 5.73. The first-order chi connectivity index (χ1) is 11.7. The summed E-state index contributed by atoms with van der Waals surface area (Å²) >= 11 is 0. The zero-order valence-electron chi connectivity index (χ0n) is 13.9. The average molecular weight is 329 g/mol. The highest BCUT2D eigenvalue weighted by molar-refractivity contribution is 5.40. The second-order valence-electron chi connectivity index (χ2n) is 7.31. The average Bonchev–Trinajstić information content (AvgIpc) is 3.20. The van der Waals surface area contributed by atoms with E-state index in [2.05, 4.69) is 10.00 Å². The zero-order valence-corrected chi connectivity index (χ0v) is 13.9. The van der Waals surface area contributed by atoms with Crippen molar-refractivity contribution in [2.45, 2.75) is 44.8 Å². The van der Waals surface area contributed by atoms with Gasteiger partial charge in [-0.15, -0.1) is 0 Å². The Kier molecular flexibility index (Phi) is 4.14. The Morgan fingerprint density at radius 3 is 2.92 bits per heavy atom. The van der Waals surface area contributed by atoms with Crippen LogP contribution < -0.4 is 0 Å². The molecule has 4 rings (SSSR count). The quantitative estimate of drug-likeness (QED) is 0.940. The van der Waals surface area contributed by atoms with Crippen LogP contribution in [0.4, 0.5) is 4.39 Å². The van der Waals surface area contributed by atoms with Crippen molar-refractivity contribution in [1.29, 1.82) is 0 Å². The van der Waals surface area contributed by atoms with Crippen molar-refractivity contribution < 1.29 is 9.50 Å². The number of aromatic nitrogens is 2. The fourth-order valence-corrected chi connectivity index (χ4v) is 4.55. The number of benzene rings is 1. The van der Waals surface area contributed by atoms with E-state index in [9.17, 15) is 9.50 Å². The van der Waals surface area contributed by atoms with Gasteiger partial charge in [-0.05, 0) is 62.1 Å². The minimum absolute atomic E-state index is 0.0530. The third kappa shape index (κ3) is 2.87. The van der Waals surface area contributed by atoms with Gasteiger partial charge in [0.25, 0.3) is 0 Å². The summed E-state index contributed by atoms with van der Waals surface area (Å²) in [6.07, 6.45) is 8.80. The van der Waals surface area contributed by atoms with Crippen LogP contribution in [0.25, 0.3) is 5.69 Å². The number of aliphatic hydroxyl groups excluding tert-OH is 1. The normalized spacial score (nSPS) is 27.8. The monoisotopic (exact) mass is 329 g/mol. The number of nitrogens with zero attached hydrogens (tertiary/aromatic N) is 3. The molecule has 1 saturated heterocycles. The van der Waals surface area contributed by atoms with E-state index in [0.717, 1.165) is 56.4 Å². The highest BCUT2D eigenvalue weighted by Gasteiger charge is 2.44. The van der Waals surface area contributed by atoms with E-state index in [0.29, 0.717) is 6.54 Å². The molecule has 1 aromatic carbocycles. The summed E-state index contributed by atoms with van der Waals surface area (Å²) in [5.41, 5.74) is 1.92. The van der Waals surface area contributed by atoms with Crippen molar-refractivity contribution in [2.75, 3.05) is 13.1 Å². The molecule has 24 heavy (non-hydrogen) atoms. The summed E-state index contributed by atoms with van der Waals surface area (Å²) in [5.74, 6) is -0.214. The summed E-state index contributed by atoms with van der Waals surface area (Å²) in [6.45, 7) is 2.61. The lowest BCUT2D eigenvalue weighted by molar-refractivity contribution is -0.0120. The maximum Gasteiger partial charge on any atom is 0.123 e. The molecule has 0 unspecified atom stereocenters. The number of rotatable bonds is 3. The molecular formula is C19H24FN3O. The number of likely N-dealkylation sites (tertiary alicyclic amines) is 1. The molecule has 1 spiro atoms. The van der Waals surface area contributed by atoms with Gasteiger partial charge in [-0.2, -0.15) is 5.10 Å². The lowest BCUT2D eigenvalue weighted by Gasteiger charge is -2.42. The van der Waals surface area contributed by atoms with Crippen LogP contribution in [0.5, 0.6) is 0 Å². The molecule has 1 aromatic heterocycles. The van der Waals surface area contributed by atoms with Crippen LogP contribution in [-0.4, -0.2) is 39.0 Å². The molecule has 2 heterocycles. The fraction of sp³-hybridized carbons (Fsp3) is 0.526. The molecular weight excluding hydrogens is 305 g/mol. The topological polar surface area (TPSA) is 41.3 Å². The van der Waals surface area contributed by atoms with Gasteiger partial charge in [0.05, 0.1) is 11.8 Å². The first-order valence-corrected chi connectivity index (χ1v) is 8.85. The van der Waals surface area contributed by atoms with E-state index in [1.54, 1.807) is 23.0 Å². The maximum absolute atomic E-state index is 13.8. The smallest absolute Gasteiger partial charge is 0.123 e. The molecule has 5 heteroatoms. The van der Waals surface area contributed by atoms with Crippen molar-refractivity contribution in [2.24, 2.45) is 5.41 Å². The van der Waals surface area contributed by atoms with Crippen molar-refractivity contribution in [3.63, 3.8) is 0 Å². The van der Waals surface area contributed by atoms with Crippen LogP contribution in [0.1, 0.15) is 37.7 Å². The Balaban J connectivity index is 1.58. The summed E-state index contributed by atoms with van der Waals surface area (Å²) in [5, 5.41) is 14.7. The van der Waals surface area contributed by atoms with Crippen LogP contribution in [0.2, 0.25) is 0 Å². The predicted octanol–water partition coefficient (Wildman–Crippen LogP) is 3.14. The van der Waals surface area contributed by atoms with Gasteiger partial charge in [0.1, 0.15) is 5.82 Å². The number of aliphatic hydroxyl groups is 1. The van der Waals surface area contributed by atoms with Gasteiger partial charge in [0.15, 0.2) is 0 Å². The number of piperidine rings is 1. The summed E-state index contributed by atoms with van der Waals surface area (Å²) in [7, 11) is 0. The SMILES string of the molecule is O[C@@H]1CCC[C@@]12CCCN(Cc1cc(F)ccc1-n1cccn1)C2. The fourth-order valence-electron chi connectivity index (χ4n) is 4.55. The standard InChI is InChI=1S/C19H24FN3O/c20-16-5-6-17(23-11-3-9-21-23)15(12-16)13-22-10-2-8-19(14-22)7-1-4-18(19)24/h3,5-6,9,11-12,18,24H,1-2,4,7-8,10,13-14H2/t18-,19+/m1/s1. The molecule has 0 radical (unpaired) electrons. The van der Waals surface area contributed by atoms with E-state index in [-0.39, 0.29) is 17.3 Å². The predicted molar refractivity (Wildman–Crippen MR) is 90.3 cm³/mol. The van der Waals surface area contributed by atoms with E-state index in [4.69, 9.17) is 0 Å². The van der Waals surface area contributed by atoms with Gasteiger partial charge in [-0.25, -0.2) is 9.07 Å². The van der Waals surface area contributed by atoms with Crippen LogP contribution in [0, 0.1) is 11.2 Å². The van der Waals surface area contributed by atoms with Gasteiger partial charge in [-0.3, -0.25) is 4.90 Å². The van der Waals surface area contributed by atoms with Crippen molar-refractivity contribution in [1.82, 2.24) is 14.7 Å². The number of hydrogen-bond acceptors (Lipinski definition) is 3. The largest absolute Gasteiger partial charge is 0.393 e. The summed E-state index contributed by atoms with van der Waals surface area (Å²) in [6, 6.07) is 6.77. The molecule has 2 aliphatic rings. The van der Waals surface area contributed by atoms with Gasteiger partial charge in [-0.1, -0.05) is 6.42 Å². The second kappa shape index (κ2) is 6.30. The lowest BCUT2D eigenvalue weighted by Crippen LogP contribution is -2.46. The van der Waals surface area contributed by atoms with Crippen molar-refractivity contribution >= 4 is 0 Å². The molecule has 0 bridgehead atoms. The highest BCUT2D eigenvalue weighted by Crippen LogP contribution is 2.45. The van der Waals surface area contributed by atoms with Gasteiger partial charge in [0.2, 0.25) is 0 Å². The van der Waals surface area contributed by atoms with Gasteiger partial charge >= 0.3 is 0 Å². The maximum atomic E-state index is 13.8. The van der Waals surface area contributed by atoms with E-state index in [1.807, 2.05) is 12.3 Å². The molecule has 1 aliphatic heterocycles. The number of hydrogen-bond donors (Lipinski definition) is 1. The molecule has 0 amide bonds. The Hall–Kier alpha value is -1.72. The molecule has 1 saturated carbocycles. The highest BCUT2D eigenvalue weighted by atomic mass is 19.1. The molecule has 2 fully saturated rings. The summed E-state index contributed by atoms with van der Waals surface area (Å²) < 4.78 is 15.6. The molecule has 1 N–H and O–H groups in total. The molecule has 2 atom stereocenters. The lowest BCUT2D eigenvalue weighted by atomic mass is 9.76. The first-order valence-electron chi connectivity index (χ1n) is 8.85. The Bertz CT molecular complexity index is 703. The molecule has 128 valence electrons. The Morgan fingerprint density at radius 2 is 2.17 bits per heavy atom. The Labute approximate surface area is 141 Å².